The van der Waals surface area contributed by atoms with Gasteiger partial charge in [-0.1, -0.05) is 56.0 Å². The van der Waals surface area contributed by atoms with Gasteiger partial charge in [0.2, 0.25) is 0 Å². The number of hydrogen-bond acceptors (Lipinski definition) is 6. The van der Waals surface area contributed by atoms with Gasteiger partial charge in [0.15, 0.2) is 11.5 Å². The summed E-state index contributed by atoms with van der Waals surface area (Å²) in [5.74, 6) is 2.40. The van der Waals surface area contributed by atoms with Crippen molar-refractivity contribution in [2.45, 2.75) is 26.2 Å². The van der Waals surface area contributed by atoms with Crippen LogP contribution in [0.25, 0.3) is 6.08 Å². The number of benzene rings is 2. The minimum atomic E-state index is -0.182. The maximum absolute atomic E-state index is 11.8. The Morgan fingerprint density at radius 3 is 2.47 bits per heavy atom. The van der Waals surface area contributed by atoms with Crippen LogP contribution in [0.4, 0.5) is 0 Å². The number of carbonyl (C=O) groups is 1. The number of carbonyl (C=O) groups excluding carboxylic acids is 1. The van der Waals surface area contributed by atoms with Crippen molar-refractivity contribution in [3.05, 3.63) is 58.5 Å². The van der Waals surface area contributed by atoms with E-state index in [0.717, 1.165) is 17.7 Å². The maximum atomic E-state index is 11.8. The summed E-state index contributed by atoms with van der Waals surface area (Å²) < 4.78 is 17.5. The van der Waals surface area contributed by atoms with Crippen LogP contribution in [0.1, 0.15) is 37.3 Å². The van der Waals surface area contributed by atoms with E-state index in [4.69, 9.17) is 26.4 Å². The van der Waals surface area contributed by atoms with Crippen LogP contribution in [-0.2, 0) is 4.79 Å². The lowest BCUT2D eigenvalue weighted by Crippen LogP contribution is -2.17. The molecule has 1 fully saturated rings. The lowest BCUT2D eigenvalue weighted by atomic mass is 9.99. The van der Waals surface area contributed by atoms with Crippen molar-refractivity contribution in [3.8, 4) is 17.2 Å². The van der Waals surface area contributed by atoms with Gasteiger partial charge >= 0.3 is 0 Å². The molecule has 1 atom stereocenters. The van der Waals surface area contributed by atoms with E-state index < -0.39 is 0 Å². The average Bonchev–Trinajstić information content (AvgIpc) is 3.08. The molecule has 0 spiro atoms. The average molecular weight is 444 g/mol. The van der Waals surface area contributed by atoms with E-state index in [0.29, 0.717) is 39.9 Å². The van der Waals surface area contributed by atoms with E-state index in [1.807, 2.05) is 30.3 Å². The molecular weight excluding hydrogens is 418 g/mol. The van der Waals surface area contributed by atoms with Crippen LogP contribution in [-0.4, -0.2) is 30.6 Å². The summed E-state index contributed by atoms with van der Waals surface area (Å²) in [4.78, 5) is 12.4. The molecule has 7 heteroatoms. The number of hydrogen-bond donors (Lipinski definition) is 1. The van der Waals surface area contributed by atoms with Gasteiger partial charge in [-0.15, -0.1) is 0 Å². The van der Waals surface area contributed by atoms with Gasteiger partial charge in [-0.3, -0.25) is 4.79 Å². The largest absolute Gasteiger partial charge is 0.493 e. The summed E-state index contributed by atoms with van der Waals surface area (Å²) in [6, 6.07) is 13.7. The molecule has 1 aliphatic heterocycles. The zero-order valence-corrected chi connectivity index (χ0v) is 18.9. The highest BCUT2D eigenvalue weighted by Gasteiger charge is 2.22. The van der Waals surface area contributed by atoms with Crippen LogP contribution in [0.5, 0.6) is 17.2 Å². The SMILES string of the molecule is CC[C@@H](C)c1ccc(OCCOc2ccc(/C=C3/SC(=S)NC3=O)cc2OC)cc1. The topological polar surface area (TPSA) is 56.8 Å². The molecule has 1 N–H and O–H groups in total. The van der Waals surface area contributed by atoms with Gasteiger partial charge in [0.25, 0.3) is 5.91 Å². The molecular formula is C23H25NO4S2. The molecule has 0 bridgehead atoms. The van der Waals surface area contributed by atoms with Crippen molar-refractivity contribution < 1.29 is 19.0 Å². The molecule has 1 saturated heterocycles. The second-order valence-electron chi connectivity index (χ2n) is 6.84. The predicted octanol–water partition coefficient (Wildman–Crippen LogP) is 5.16. The third-order valence-corrected chi connectivity index (χ3v) is 5.96. The number of rotatable bonds is 9. The molecule has 1 aliphatic rings. The van der Waals surface area contributed by atoms with Crippen molar-refractivity contribution >= 4 is 40.3 Å². The highest BCUT2D eigenvalue weighted by molar-refractivity contribution is 8.26. The molecule has 0 radical (unpaired) electrons. The van der Waals surface area contributed by atoms with Crippen molar-refractivity contribution in [1.82, 2.24) is 5.32 Å². The molecule has 5 nitrogen and oxygen atoms in total. The fourth-order valence-corrected chi connectivity index (χ4v) is 3.95. The van der Waals surface area contributed by atoms with Gasteiger partial charge in [-0.05, 0) is 53.8 Å². The zero-order valence-electron chi connectivity index (χ0n) is 17.3. The van der Waals surface area contributed by atoms with Crippen molar-refractivity contribution in [3.63, 3.8) is 0 Å². The van der Waals surface area contributed by atoms with Crippen LogP contribution in [0.15, 0.2) is 47.4 Å². The van der Waals surface area contributed by atoms with Crippen molar-refractivity contribution in [2.75, 3.05) is 20.3 Å². The molecule has 0 saturated carbocycles. The molecule has 1 heterocycles. The number of nitrogens with one attached hydrogen (secondary N) is 1. The Morgan fingerprint density at radius 1 is 1.10 bits per heavy atom. The summed E-state index contributed by atoms with van der Waals surface area (Å²) in [6.07, 6.45) is 2.89. The Labute approximate surface area is 186 Å². The Morgan fingerprint density at radius 2 is 1.83 bits per heavy atom. The van der Waals surface area contributed by atoms with Crippen LogP contribution >= 0.6 is 24.0 Å². The summed E-state index contributed by atoms with van der Waals surface area (Å²) in [7, 11) is 1.58. The number of thioether (sulfide) groups is 1. The number of ether oxygens (including phenoxy) is 3. The number of thiocarbonyl (C=S) groups is 1. The van der Waals surface area contributed by atoms with Gasteiger partial charge in [0.05, 0.1) is 12.0 Å². The Balaban J connectivity index is 1.54. The predicted molar refractivity (Wildman–Crippen MR) is 125 cm³/mol. The van der Waals surface area contributed by atoms with Crippen LogP contribution in [0.3, 0.4) is 0 Å². The first-order valence-electron chi connectivity index (χ1n) is 9.78. The smallest absolute Gasteiger partial charge is 0.263 e. The highest BCUT2D eigenvalue weighted by atomic mass is 32.2. The molecule has 0 unspecified atom stereocenters. The third kappa shape index (κ3) is 5.77. The van der Waals surface area contributed by atoms with Crippen molar-refractivity contribution in [1.29, 1.82) is 0 Å². The summed E-state index contributed by atoms with van der Waals surface area (Å²) in [6.45, 7) is 5.21. The van der Waals surface area contributed by atoms with Gasteiger partial charge in [-0.2, -0.15) is 0 Å². The van der Waals surface area contributed by atoms with E-state index in [9.17, 15) is 4.79 Å². The Kier molecular flexibility index (Phi) is 7.76. The first kappa shape index (κ1) is 22.2. The third-order valence-electron chi connectivity index (χ3n) is 4.80. The maximum Gasteiger partial charge on any atom is 0.263 e. The summed E-state index contributed by atoms with van der Waals surface area (Å²) >= 11 is 6.26. The van der Waals surface area contributed by atoms with Gasteiger partial charge in [0, 0.05) is 0 Å². The van der Waals surface area contributed by atoms with E-state index in [-0.39, 0.29) is 5.91 Å². The lowest BCUT2D eigenvalue weighted by Gasteiger charge is -2.13. The van der Waals surface area contributed by atoms with E-state index >= 15 is 0 Å². The Bertz CT molecular complexity index is 941. The standard InChI is InChI=1S/C23H25NO4S2/c1-4-15(2)17-6-8-18(9-7-17)27-11-12-28-19-10-5-16(13-20(19)26-3)14-21-22(25)24-23(29)30-21/h5-10,13-15H,4,11-12H2,1-3H3,(H,24,25,29)/b21-14+/t15-/m1/s1. The van der Waals surface area contributed by atoms with E-state index in [2.05, 4.69) is 31.3 Å². The second-order valence-corrected chi connectivity index (χ2v) is 8.56. The van der Waals surface area contributed by atoms with Crippen LogP contribution < -0.4 is 19.5 Å². The molecule has 158 valence electrons. The second kappa shape index (κ2) is 10.5. The fraction of sp³-hybridized carbons (Fsp3) is 0.304. The zero-order chi connectivity index (χ0) is 21.5. The Hall–Kier alpha value is -2.51. The molecule has 2 aromatic rings. The molecule has 0 aromatic heterocycles. The monoisotopic (exact) mass is 443 g/mol. The molecule has 0 aliphatic carbocycles. The molecule has 30 heavy (non-hydrogen) atoms. The minimum Gasteiger partial charge on any atom is -0.493 e. The molecule has 2 aromatic carbocycles. The van der Waals surface area contributed by atoms with Crippen LogP contribution in [0, 0.1) is 0 Å². The van der Waals surface area contributed by atoms with Gasteiger partial charge < -0.3 is 19.5 Å². The quantitative estimate of drug-likeness (QED) is 0.328. The molecule has 3 rings (SSSR count). The van der Waals surface area contributed by atoms with Gasteiger partial charge in [0.1, 0.15) is 23.3 Å². The van der Waals surface area contributed by atoms with E-state index in [1.54, 1.807) is 13.2 Å². The highest BCUT2D eigenvalue weighted by Crippen LogP contribution is 2.31. The summed E-state index contributed by atoms with van der Waals surface area (Å²) in [5, 5.41) is 2.60. The van der Waals surface area contributed by atoms with Gasteiger partial charge in [-0.25, -0.2) is 0 Å². The molecule has 1 amide bonds. The fourth-order valence-electron chi connectivity index (χ4n) is 2.91. The van der Waals surface area contributed by atoms with Crippen LogP contribution in [0.2, 0.25) is 0 Å². The first-order chi connectivity index (χ1) is 14.5. The van der Waals surface area contributed by atoms with E-state index in [1.165, 1.54) is 17.3 Å². The summed E-state index contributed by atoms with van der Waals surface area (Å²) in [5.41, 5.74) is 2.15. The first-order valence-corrected chi connectivity index (χ1v) is 11.0. The lowest BCUT2D eigenvalue weighted by molar-refractivity contribution is -0.115. The number of amides is 1. The number of methoxy groups -OCH3 is 1. The minimum absolute atomic E-state index is 0.182. The normalized spacial score (nSPS) is 15.8. The van der Waals surface area contributed by atoms with Crippen molar-refractivity contribution in [2.24, 2.45) is 0 Å².